The van der Waals surface area contributed by atoms with Crippen LogP contribution in [0, 0.1) is 0 Å². The minimum Gasteiger partial charge on any atom is -0.324 e. The number of rotatable bonds is 3. The summed E-state index contributed by atoms with van der Waals surface area (Å²) in [6, 6.07) is 0.481. The third-order valence-corrected chi connectivity index (χ3v) is 3.74. The van der Waals surface area contributed by atoms with Crippen molar-refractivity contribution in [1.82, 2.24) is 14.9 Å². The summed E-state index contributed by atoms with van der Waals surface area (Å²) in [5.74, 6) is 1.02. The first kappa shape index (κ1) is 11.2. The van der Waals surface area contributed by atoms with E-state index in [1.165, 1.54) is 0 Å². The van der Waals surface area contributed by atoms with E-state index in [-0.39, 0.29) is 0 Å². The molecule has 0 saturated carbocycles. The fourth-order valence-electron chi connectivity index (χ4n) is 0.940. The van der Waals surface area contributed by atoms with E-state index in [1.54, 1.807) is 0 Å². The molecule has 0 saturated heterocycles. The highest BCUT2D eigenvalue weighted by atomic mass is 79.9. The van der Waals surface area contributed by atoms with Gasteiger partial charge in [-0.05, 0) is 31.9 Å². The van der Waals surface area contributed by atoms with Gasteiger partial charge < -0.3 is 9.88 Å². The number of nitrogens with zero attached hydrogens (tertiary/aromatic N) is 2. The average molecular weight is 311 g/mol. The van der Waals surface area contributed by atoms with E-state index in [4.69, 9.17) is 0 Å². The second kappa shape index (κ2) is 4.57. The number of imidazole rings is 1. The molecule has 0 aliphatic rings. The molecule has 0 aliphatic carbocycles. The lowest BCUT2D eigenvalue weighted by atomic mass is 10.4. The van der Waals surface area contributed by atoms with Crippen molar-refractivity contribution < 1.29 is 0 Å². The van der Waals surface area contributed by atoms with Crippen LogP contribution in [-0.4, -0.2) is 15.6 Å². The standard InChI is InChI=1S/C8H13Br2N3/c1-5(2)11-4-6-12-7(9)8(10)13(6)3/h5,11H,4H2,1-3H3. The molecule has 74 valence electrons. The molecule has 0 amide bonds. The molecule has 0 fully saturated rings. The van der Waals surface area contributed by atoms with Crippen molar-refractivity contribution in [2.45, 2.75) is 26.4 Å². The zero-order chi connectivity index (χ0) is 10.0. The molecule has 5 heteroatoms. The Hall–Kier alpha value is 0.130. The number of hydrogen-bond acceptors (Lipinski definition) is 2. The molecule has 0 aromatic carbocycles. The first-order chi connectivity index (χ1) is 6.02. The van der Waals surface area contributed by atoms with Crippen LogP contribution in [0.15, 0.2) is 9.21 Å². The quantitative estimate of drug-likeness (QED) is 0.929. The number of aromatic nitrogens is 2. The van der Waals surface area contributed by atoms with Gasteiger partial charge in [0, 0.05) is 13.1 Å². The molecule has 1 N–H and O–H groups in total. The molecule has 0 bridgehead atoms. The summed E-state index contributed by atoms with van der Waals surface area (Å²) in [7, 11) is 1.99. The normalized spacial score (nSPS) is 11.2. The van der Waals surface area contributed by atoms with Crippen LogP contribution >= 0.6 is 31.9 Å². The van der Waals surface area contributed by atoms with E-state index < -0.39 is 0 Å². The van der Waals surface area contributed by atoms with Gasteiger partial charge in [0.1, 0.15) is 15.0 Å². The molecule has 0 aliphatic heterocycles. The van der Waals surface area contributed by atoms with Gasteiger partial charge in [-0.2, -0.15) is 0 Å². The smallest absolute Gasteiger partial charge is 0.139 e. The summed E-state index contributed by atoms with van der Waals surface area (Å²) in [6.45, 7) is 5.03. The minimum atomic E-state index is 0.481. The Morgan fingerprint density at radius 2 is 2.08 bits per heavy atom. The second-order valence-corrected chi connectivity index (χ2v) is 4.71. The van der Waals surface area contributed by atoms with Crippen LogP contribution in [0.2, 0.25) is 0 Å². The van der Waals surface area contributed by atoms with Crippen LogP contribution in [0.5, 0.6) is 0 Å². The zero-order valence-corrected chi connectivity index (χ0v) is 11.1. The lowest BCUT2D eigenvalue weighted by Gasteiger charge is -2.07. The van der Waals surface area contributed by atoms with Crippen LogP contribution in [0.1, 0.15) is 19.7 Å². The fraction of sp³-hybridized carbons (Fsp3) is 0.625. The van der Waals surface area contributed by atoms with Crippen molar-refractivity contribution in [3.05, 3.63) is 15.0 Å². The van der Waals surface area contributed by atoms with Gasteiger partial charge in [0.15, 0.2) is 0 Å². The lowest BCUT2D eigenvalue weighted by molar-refractivity contribution is 0.560. The predicted molar refractivity (Wildman–Crippen MR) is 60.6 cm³/mol. The zero-order valence-electron chi connectivity index (χ0n) is 7.93. The molecule has 3 nitrogen and oxygen atoms in total. The molecular weight excluding hydrogens is 298 g/mol. The predicted octanol–water partition coefficient (Wildman–Crippen LogP) is 2.44. The Bertz CT molecular complexity index is 294. The highest BCUT2D eigenvalue weighted by molar-refractivity contribution is 9.13. The van der Waals surface area contributed by atoms with Gasteiger partial charge in [0.25, 0.3) is 0 Å². The molecule has 13 heavy (non-hydrogen) atoms. The summed E-state index contributed by atoms with van der Waals surface area (Å²) in [5, 5.41) is 3.32. The van der Waals surface area contributed by atoms with Gasteiger partial charge in [0.2, 0.25) is 0 Å². The van der Waals surface area contributed by atoms with Gasteiger partial charge >= 0.3 is 0 Å². The molecule has 1 aromatic rings. The Morgan fingerprint density at radius 1 is 1.46 bits per heavy atom. The van der Waals surface area contributed by atoms with E-state index in [0.29, 0.717) is 6.04 Å². The van der Waals surface area contributed by atoms with Crippen molar-refractivity contribution >= 4 is 31.9 Å². The van der Waals surface area contributed by atoms with Gasteiger partial charge in [-0.3, -0.25) is 0 Å². The van der Waals surface area contributed by atoms with E-state index in [2.05, 4.69) is 56.0 Å². The minimum absolute atomic E-state index is 0.481. The van der Waals surface area contributed by atoms with Crippen LogP contribution in [-0.2, 0) is 13.6 Å². The molecule has 0 unspecified atom stereocenters. The van der Waals surface area contributed by atoms with Gasteiger partial charge in [-0.25, -0.2) is 4.98 Å². The Morgan fingerprint density at radius 3 is 2.46 bits per heavy atom. The highest BCUT2D eigenvalue weighted by Gasteiger charge is 2.09. The van der Waals surface area contributed by atoms with E-state index in [0.717, 1.165) is 21.6 Å². The summed E-state index contributed by atoms with van der Waals surface area (Å²) < 4.78 is 3.85. The lowest BCUT2D eigenvalue weighted by Crippen LogP contribution is -2.23. The molecule has 0 spiro atoms. The number of hydrogen-bond donors (Lipinski definition) is 1. The molecule has 0 radical (unpaired) electrons. The van der Waals surface area contributed by atoms with Crippen molar-refractivity contribution in [1.29, 1.82) is 0 Å². The first-order valence-corrected chi connectivity index (χ1v) is 5.71. The fourth-order valence-corrected chi connectivity index (χ4v) is 1.70. The summed E-state index contributed by atoms with van der Waals surface area (Å²) >= 11 is 6.80. The van der Waals surface area contributed by atoms with Crippen LogP contribution in [0.25, 0.3) is 0 Å². The van der Waals surface area contributed by atoms with Crippen molar-refractivity contribution in [2.75, 3.05) is 0 Å². The topological polar surface area (TPSA) is 29.9 Å². The molecular formula is C8H13Br2N3. The van der Waals surface area contributed by atoms with E-state index in [9.17, 15) is 0 Å². The Labute approximate surface area is 95.2 Å². The largest absolute Gasteiger partial charge is 0.324 e. The summed E-state index contributed by atoms with van der Waals surface area (Å²) in [5.41, 5.74) is 0. The van der Waals surface area contributed by atoms with Gasteiger partial charge in [-0.15, -0.1) is 0 Å². The number of halogens is 2. The van der Waals surface area contributed by atoms with E-state index >= 15 is 0 Å². The molecule has 0 atom stereocenters. The maximum atomic E-state index is 4.35. The van der Waals surface area contributed by atoms with Crippen molar-refractivity contribution in [2.24, 2.45) is 7.05 Å². The van der Waals surface area contributed by atoms with Crippen molar-refractivity contribution in [3.8, 4) is 0 Å². The van der Waals surface area contributed by atoms with Crippen LogP contribution in [0.3, 0.4) is 0 Å². The molecule has 1 heterocycles. The Kier molecular flexibility index (Phi) is 3.94. The Balaban J connectivity index is 2.72. The maximum absolute atomic E-state index is 4.35. The molecule has 1 rings (SSSR count). The SMILES string of the molecule is CC(C)NCc1nc(Br)c(Br)n1C. The maximum Gasteiger partial charge on any atom is 0.139 e. The average Bonchev–Trinajstić information content (AvgIpc) is 2.29. The molecule has 1 aromatic heterocycles. The second-order valence-electron chi connectivity index (χ2n) is 3.20. The highest BCUT2D eigenvalue weighted by Crippen LogP contribution is 2.22. The third kappa shape index (κ3) is 2.79. The third-order valence-electron chi connectivity index (χ3n) is 1.75. The van der Waals surface area contributed by atoms with E-state index in [1.807, 2.05) is 11.6 Å². The van der Waals surface area contributed by atoms with Gasteiger partial charge in [-0.1, -0.05) is 13.8 Å². The summed E-state index contributed by atoms with van der Waals surface area (Å²) in [6.07, 6.45) is 0. The first-order valence-electron chi connectivity index (χ1n) is 4.12. The van der Waals surface area contributed by atoms with Crippen molar-refractivity contribution in [3.63, 3.8) is 0 Å². The summed E-state index contributed by atoms with van der Waals surface area (Å²) in [4.78, 5) is 4.35. The van der Waals surface area contributed by atoms with Crippen LogP contribution < -0.4 is 5.32 Å². The van der Waals surface area contributed by atoms with Crippen LogP contribution in [0.4, 0.5) is 0 Å². The number of nitrogens with one attached hydrogen (secondary N) is 1. The van der Waals surface area contributed by atoms with Gasteiger partial charge in [0.05, 0.1) is 6.54 Å². The monoisotopic (exact) mass is 309 g/mol.